The van der Waals surface area contributed by atoms with Gasteiger partial charge in [-0.25, -0.2) is 0 Å². The molecule has 2 rings (SSSR count). The van der Waals surface area contributed by atoms with Gasteiger partial charge in [-0.05, 0) is 36.4 Å². The van der Waals surface area contributed by atoms with Crippen molar-refractivity contribution in [2.24, 2.45) is 0 Å². The maximum absolute atomic E-state index is 12.7. The zero-order valence-electron chi connectivity index (χ0n) is 13.9. The zero-order valence-corrected chi connectivity index (χ0v) is 14.7. The molecule has 2 aromatic rings. The van der Waals surface area contributed by atoms with E-state index in [1.807, 2.05) is 0 Å². The van der Waals surface area contributed by atoms with Crippen molar-refractivity contribution in [2.75, 3.05) is 17.6 Å². The smallest absolute Gasteiger partial charge is 0.406 e. The van der Waals surface area contributed by atoms with Crippen LogP contribution in [0.25, 0.3) is 0 Å². The van der Waals surface area contributed by atoms with E-state index in [9.17, 15) is 22.8 Å². The number of thioether (sulfide) groups is 1. The van der Waals surface area contributed by atoms with Gasteiger partial charge in [0.25, 0.3) is 0 Å². The lowest BCUT2D eigenvalue weighted by Crippen LogP contribution is -2.39. The lowest BCUT2D eigenvalue weighted by Gasteiger charge is -2.23. The van der Waals surface area contributed by atoms with Gasteiger partial charge in [0.1, 0.15) is 12.3 Å². The van der Waals surface area contributed by atoms with Gasteiger partial charge in [-0.15, -0.1) is 11.8 Å². The quantitative estimate of drug-likeness (QED) is 0.733. The van der Waals surface area contributed by atoms with Crippen LogP contribution in [0.15, 0.2) is 52.0 Å². The Bertz CT molecular complexity index is 731. The van der Waals surface area contributed by atoms with Gasteiger partial charge in [-0.1, -0.05) is 0 Å². The Morgan fingerprint density at radius 2 is 1.88 bits per heavy atom. The van der Waals surface area contributed by atoms with Gasteiger partial charge in [-0.2, -0.15) is 13.2 Å². The molecule has 0 fully saturated rings. The second-order valence-electron chi connectivity index (χ2n) is 5.44. The number of hydrogen-bond donors (Lipinski definition) is 1. The molecule has 0 aliphatic carbocycles. The van der Waals surface area contributed by atoms with Crippen LogP contribution in [-0.2, 0) is 16.1 Å². The molecular weight excluding hydrogens is 369 g/mol. The molecule has 0 unspecified atom stereocenters. The number of nitrogens with zero attached hydrogens (tertiary/aromatic N) is 1. The summed E-state index contributed by atoms with van der Waals surface area (Å²) < 4.78 is 43.3. The van der Waals surface area contributed by atoms with E-state index in [1.54, 1.807) is 30.3 Å². The molecule has 2 amide bonds. The van der Waals surface area contributed by atoms with E-state index in [0.29, 0.717) is 10.6 Å². The third-order valence-electron chi connectivity index (χ3n) is 3.19. The first-order chi connectivity index (χ1) is 12.2. The zero-order chi connectivity index (χ0) is 19.2. The van der Waals surface area contributed by atoms with Gasteiger partial charge >= 0.3 is 6.18 Å². The van der Waals surface area contributed by atoms with E-state index in [-0.39, 0.29) is 24.0 Å². The number of furan rings is 1. The predicted molar refractivity (Wildman–Crippen MR) is 91.6 cm³/mol. The Morgan fingerprint density at radius 1 is 1.19 bits per heavy atom. The lowest BCUT2D eigenvalue weighted by molar-refractivity contribution is -0.161. The van der Waals surface area contributed by atoms with Crippen LogP contribution in [0.2, 0.25) is 0 Å². The van der Waals surface area contributed by atoms with E-state index >= 15 is 0 Å². The first kappa shape index (κ1) is 19.9. The normalized spacial score (nSPS) is 11.2. The molecule has 1 aromatic carbocycles. The van der Waals surface area contributed by atoms with E-state index < -0.39 is 18.6 Å². The molecule has 5 nitrogen and oxygen atoms in total. The summed E-state index contributed by atoms with van der Waals surface area (Å²) in [6.45, 7) is -0.197. The second kappa shape index (κ2) is 8.79. The fraction of sp³-hybridized carbons (Fsp3) is 0.294. The maximum atomic E-state index is 12.7. The van der Waals surface area contributed by atoms with Gasteiger partial charge in [0, 0.05) is 17.5 Å². The van der Waals surface area contributed by atoms with Crippen molar-refractivity contribution in [1.82, 2.24) is 4.90 Å². The van der Waals surface area contributed by atoms with Crippen molar-refractivity contribution in [2.45, 2.75) is 24.5 Å². The van der Waals surface area contributed by atoms with Crippen LogP contribution in [0.4, 0.5) is 18.9 Å². The molecule has 1 N–H and O–H groups in total. The van der Waals surface area contributed by atoms with E-state index in [4.69, 9.17) is 4.42 Å². The molecule has 0 saturated heterocycles. The Labute approximate surface area is 152 Å². The lowest BCUT2D eigenvalue weighted by atomic mass is 10.3. The molecule has 0 radical (unpaired) electrons. The number of carbonyl (C=O) groups excluding carboxylic acids is 2. The Morgan fingerprint density at radius 3 is 2.42 bits per heavy atom. The Kier molecular flexibility index (Phi) is 6.73. The minimum absolute atomic E-state index is 0.143. The summed E-state index contributed by atoms with van der Waals surface area (Å²) in [5.41, 5.74) is 0.602. The first-order valence-corrected chi connectivity index (χ1v) is 8.59. The number of anilines is 1. The molecular formula is C17H17F3N2O3S. The number of amides is 2. The van der Waals surface area contributed by atoms with Crippen LogP contribution in [-0.4, -0.2) is 35.2 Å². The number of benzene rings is 1. The Hall–Kier alpha value is -2.42. The molecule has 0 aliphatic heterocycles. The highest BCUT2D eigenvalue weighted by Gasteiger charge is 2.33. The van der Waals surface area contributed by atoms with Gasteiger partial charge in [0.05, 0.1) is 18.6 Å². The molecule has 0 aliphatic rings. The van der Waals surface area contributed by atoms with E-state index in [1.165, 1.54) is 19.3 Å². The number of carbonyl (C=O) groups is 2. The third kappa shape index (κ3) is 6.83. The van der Waals surface area contributed by atoms with Crippen molar-refractivity contribution < 1.29 is 27.2 Å². The van der Waals surface area contributed by atoms with Crippen LogP contribution < -0.4 is 5.32 Å². The summed E-state index contributed by atoms with van der Waals surface area (Å²) in [6, 6.07) is 9.75. The topological polar surface area (TPSA) is 62.6 Å². The monoisotopic (exact) mass is 386 g/mol. The highest BCUT2D eigenvalue weighted by molar-refractivity contribution is 8.00. The number of rotatable bonds is 7. The molecule has 0 atom stereocenters. The molecule has 1 aromatic heterocycles. The number of halogens is 3. The summed E-state index contributed by atoms with van der Waals surface area (Å²) in [5.74, 6) is -0.709. The standard InChI is InChI=1S/C17H17F3N2O3S/c1-12(23)21-13-4-6-15(7-5-13)26-10-16(24)22(11-17(18,19)20)9-14-3-2-8-25-14/h2-8H,9-11H2,1H3,(H,21,23). The van der Waals surface area contributed by atoms with Crippen molar-refractivity contribution in [3.8, 4) is 0 Å². The minimum Gasteiger partial charge on any atom is -0.467 e. The molecule has 9 heteroatoms. The molecule has 1 heterocycles. The molecule has 0 bridgehead atoms. The molecule has 0 saturated carbocycles. The van der Waals surface area contributed by atoms with Crippen LogP contribution in [0.3, 0.4) is 0 Å². The maximum Gasteiger partial charge on any atom is 0.406 e. The summed E-state index contributed by atoms with van der Waals surface area (Å²) in [6.07, 6.45) is -3.15. The summed E-state index contributed by atoms with van der Waals surface area (Å²) in [5, 5.41) is 2.61. The van der Waals surface area contributed by atoms with Gasteiger partial charge in [0.2, 0.25) is 11.8 Å². The van der Waals surface area contributed by atoms with E-state index in [0.717, 1.165) is 16.7 Å². The van der Waals surface area contributed by atoms with Crippen LogP contribution in [0, 0.1) is 0 Å². The molecule has 0 spiro atoms. The largest absolute Gasteiger partial charge is 0.467 e. The van der Waals surface area contributed by atoms with Crippen molar-refractivity contribution in [1.29, 1.82) is 0 Å². The van der Waals surface area contributed by atoms with Gasteiger partial charge < -0.3 is 14.6 Å². The van der Waals surface area contributed by atoms with Crippen molar-refractivity contribution in [3.63, 3.8) is 0 Å². The van der Waals surface area contributed by atoms with E-state index in [2.05, 4.69) is 5.32 Å². The molecule has 26 heavy (non-hydrogen) atoms. The van der Waals surface area contributed by atoms with Crippen LogP contribution in [0.5, 0.6) is 0 Å². The summed E-state index contributed by atoms with van der Waals surface area (Å²) in [7, 11) is 0. The number of hydrogen-bond acceptors (Lipinski definition) is 4. The summed E-state index contributed by atoms with van der Waals surface area (Å²) >= 11 is 1.12. The Balaban J connectivity index is 1.96. The van der Waals surface area contributed by atoms with Crippen LogP contribution >= 0.6 is 11.8 Å². The second-order valence-corrected chi connectivity index (χ2v) is 6.49. The van der Waals surface area contributed by atoms with Crippen molar-refractivity contribution in [3.05, 3.63) is 48.4 Å². The first-order valence-electron chi connectivity index (χ1n) is 7.60. The SMILES string of the molecule is CC(=O)Nc1ccc(SCC(=O)N(Cc2ccco2)CC(F)(F)F)cc1. The fourth-order valence-electron chi connectivity index (χ4n) is 2.11. The average Bonchev–Trinajstić information content (AvgIpc) is 3.04. The van der Waals surface area contributed by atoms with Crippen molar-refractivity contribution >= 4 is 29.3 Å². The number of alkyl halides is 3. The fourth-order valence-corrected chi connectivity index (χ4v) is 2.91. The predicted octanol–water partition coefficient (Wildman–Crippen LogP) is 3.92. The highest BCUT2D eigenvalue weighted by Crippen LogP contribution is 2.23. The van der Waals surface area contributed by atoms with Gasteiger partial charge in [0.15, 0.2) is 0 Å². The highest BCUT2D eigenvalue weighted by atomic mass is 32.2. The number of nitrogens with one attached hydrogen (secondary N) is 1. The van der Waals surface area contributed by atoms with Gasteiger partial charge in [-0.3, -0.25) is 9.59 Å². The van der Waals surface area contributed by atoms with Crippen LogP contribution in [0.1, 0.15) is 12.7 Å². The molecule has 140 valence electrons. The summed E-state index contributed by atoms with van der Waals surface area (Å²) in [4.78, 5) is 24.6. The average molecular weight is 386 g/mol. The minimum atomic E-state index is -4.49. The third-order valence-corrected chi connectivity index (χ3v) is 4.18.